The predicted octanol–water partition coefficient (Wildman–Crippen LogP) is 10.3. The first-order valence-electron chi connectivity index (χ1n) is 18.1. The van der Waals surface area contributed by atoms with E-state index in [2.05, 4.69) is 97.0 Å². The summed E-state index contributed by atoms with van der Waals surface area (Å²) in [5.41, 5.74) is 2.16. The summed E-state index contributed by atoms with van der Waals surface area (Å²) in [6.07, 6.45) is 11.8. The maximum absolute atomic E-state index is 7.51. The lowest BCUT2D eigenvalue weighted by Gasteiger charge is -2.62. The van der Waals surface area contributed by atoms with E-state index in [9.17, 15) is 0 Å². The van der Waals surface area contributed by atoms with E-state index in [-0.39, 0.29) is 5.41 Å². The van der Waals surface area contributed by atoms with Crippen molar-refractivity contribution >= 4 is 30.7 Å². The van der Waals surface area contributed by atoms with Gasteiger partial charge in [-0.2, -0.15) is 0 Å². The lowest BCUT2D eigenvalue weighted by Crippen LogP contribution is -2.62. The van der Waals surface area contributed by atoms with Gasteiger partial charge in [-0.15, -0.1) is 0 Å². The molecule has 254 valence electrons. The van der Waals surface area contributed by atoms with Crippen LogP contribution in [0.15, 0.2) is 35.5 Å². The van der Waals surface area contributed by atoms with E-state index in [0.29, 0.717) is 30.7 Å². The molecular formula is C37H65NO4Si3. The van der Waals surface area contributed by atoms with Gasteiger partial charge in [-0.1, -0.05) is 49.3 Å². The number of rotatable bonds is 11. The van der Waals surface area contributed by atoms with Gasteiger partial charge < -0.3 is 18.1 Å². The van der Waals surface area contributed by atoms with Gasteiger partial charge >= 0.3 is 0 Å². The quantitative estimate of drug-likeness (QED) is 0.133. The maximum atomic E-state index is 7.51. The Morgan fingerprint density at radius 1 is 0.778 bits per heavy atom. The molecule has 0 aliphatic heterocycles. The molecule has 0 radical (unpaired) electrons. The van der Waals surface area contributed by atoms with Crippen molar-refractivity contribution in [3.63, 3.8) is 0 Å². The third-order valence-electron chi connectivity index (χ3n) is 12.1. The Labute approximate surface area is 279 Å². The minimum atomic E-state index is -1.96. The maximum Gasteiger partial charge on any atom is 0.185 e. The van der Waals surface area contributed by atoms with Crippen LogP contribution in [0.5, 0.6) is 0 Å². The molecule has 0 aromatic heterocycles. The van der Waals surface area contributed by atoms with Crippen molar-refractivity contribution in [3.05, 3.63) is 35.9 Å². The summed E-state index contributed by atoms with van der Waals surface area (Å²) in [5, 5.41) is 5.02. The van der Waals surface area contributed by atoms with Crippen LogP contribution in [0.2, 0.25) is 58.9 Å². The van der Waals surface area contributed by atoms with Crippen molar-refractivity contribution in [2.45, 2.75) is 149 Å². The van der Waals surface area contributed by atoms with Gasteiger partial charge in [-0.25, -0.2) is 0 Å². The van der Waals surface area contributed by atoms with E-state index >= 15 is 0 Å². The molecule has 0 amide bonds. The Morgan fingerprint density at radius 3 is 2.11 bits per heavy atom. The molecule has 0 saturated heterocycles. The van der Waals surface area contributed by atoms with Gasteiger partial charge in [0.2, 0.25) is 0 Å². The first kappa shape index (κ1) is 35.5. The van der Waals surface area contributed by atoms with Gasteiger partial charge in [-0.3, -0.25) is 0 Å². The minimum absolute atomic E-state index is 0.0214. The average molecular weight is 672 g/mol. The van der Waals surface area contributed by atoms with Crippen LogP contribution in [0.25, 0.3) is 0 Å². The molecule has 5 nitrogen and oxygen atoms in total. The monoisotopic (exact) mass is 671 g/mol. The van der Waals surface area contributed by atoms with Crippen LogP contribution in [0.4, 0.5) is 0 Å². The minimum Gasteiger partial charge on any atom is -0.415 e. The van der Waals surface area contributed by atoms with Crippen LogP contribution < -0.4 is 0 Å². The largest absolute Gasteiger partial charge is 0.415 e. The SMILES string of the molecule is C[C@]12CC[C@H](O[Si](C)(C)C)C[C@H]1CC[C@@H]1[C@@H]2CC[C@@]2(C)[C@H]1CC[C@]2(O[Si](C)(C)C)/C(CO[Si](C)(C)C)=N/OCc1ccccc1. The molecule has 0 N–H and O–H groups in total. The zero-order valence-electron chi connectivity index (χ0n) is 30.6. The highest BCUT2D eigenvalue weighted by Crippen LogP contribution is 2.69. The predicted molar refractivity (Wildman–Crippen MR) is 195 cm³/mol. The van der Waals surface area contributed by atoms with Crippen molar-refractivity contribution < 1.29 is 18.1 Å². The molecule has 0 bridgehead atoms. The topological polar surface area (TPSA) is 49.3 Å². The van der Waals surface area contributed by atoms with Gasteiger partial charge in [0, 0.05) is 11.5 Å². The highest BCUT2D eigenvalue weighted by atomic mass is 28.4. The van der Waals surface area contributed by atoms with Crippen LogP contribution in [0.3, 0.4) is 0 Å². The summed E-state index contributed by atoms with van der Waals surface area (Å²) < 4.78 is 20.9. The molecule has 45 heavy (non-hydrogen) atoms. The van der Waals surface area contributed by atoms with E-state index in [1.165, 1.54) is 51.4 Å². The fraction of sp³-hybridized carbons (Fsp3) is 0.811. The van der Waals surface area contributed by atoms with Crippen LogP contribution >= 0.6 is 0 Å². The van der Waals surface area contributed by atoms with Crippen LogP contribution in [0, 0.1) is 34.5 Å². The summed E-state index contributed by atoms with van der Waals surface area (Å²) in [6, 6.07) is 10.4. The van der Waals surface area contributed by atoms with E-state index in [1.807, 2.05) is 6.07 Å². The fourth-order valence-corrected chi connectivity index (χ4v) is 13.6. The molecule has 8 heteroatoms. The molecule has 0 heterocycles. The lowest BCUT2D eigenvalue weighted by atomic mass is 9.44. The molecule has 8 atom stereocenters. The Hall–Kier alpha value is -0.779. The zero-order chi connectivity index (χ0) is 32.9. The molecule has 4 aliphatic rings. The molecule has 4 fully saturated rings. The second kappa shape index (κ2) is 12.9. The van der Waals surface area contributed by atoms with Gasteiger partial charge in [0.05, 0.1) is 6.61 Å². The van der Waals surface area contributed by atoms with Crippen molar-refractivity contribution in [1.29, 1.82) is 0 Å². The van der Waals surface area contributed by atoms with E-state index < -0.39 is 30.6 Å². The highest BCUT2D eigenvalue weighted by Gasteiger charge is 2.68. The Balaban J connectivity index is 1.45. The first-order valence-corrected chi connectivity index (χ1v) is 28.3. The second-order valence-corrected chi connectivity index (χ2v) is 31.9. The van der Waals surface area contributed by atoms with Crippen LogP contribution in [-0.4, -0.2) is 49.0 Å². The van der Waals surface area contributed by atoms with Gasteiger partial charge in [0.25, 0.3) is 0 Å². The van der Waals surface area contributed by atoms with Crippen molar-refractivity contribution in [2.24, 2.45) is 39.7 Å². The molecule has 0 spiro atoms. The van der Waals surface area contributed by atoms with Crippen molar-refractivity contribution in [2.75, 3.05) is 6.61 Å². The fourth-order valence-electron chi connectivity index (χ4n) is 10.3. The number of fused-ring (bicyclic) bond motifs is 5. The average Bonchev–Trinajstić information content (AvgIpc) is 3.21. The molecular weight excluding hydrogens is 607 g/mol. The molecule has 1 aromatic carbocycles. The zero-order valence-corrected chi connectivity index (χ0v) is 33.6. The smallest absolute Gasteiger partial charge is 0.185 e. The van der Waals surface area contributed by atoms with E-state index in [0.717, 1.165) is 35.4 Å². The summed E-state index contributed by atoms with van der Waals surface area (Å²) in [7, 11) is -5.29. The highest BCUT2D eigenvalue weighted by molar-refractivity contribution is 6.70. The normalized spacial score (nSPS) is 37.5. The second-order valence-electron chi connectivity index (χ2n) is 18.5. The number of oxime groups is 1. The summed E-state index contributed by atoms with van der Waals surface area (Å²) in [4.78, 5) is 6.21. The van der Waals surface area contributed by atoms with Crippen molar-refractivity contribution in [1.82, 2.24) is 0 Å². The van der Waals surface area contributed by atoms with E-state index in [1.54, 1.807) is 0 Å². The van der Waals surface area contributed by atoms with E-state index in [4.69, 9.17) is 23.3 Å². The Bertz CT molecular complexity index is 1190. The summed E-state index contributed by atoms with van der Waals surface area (Å²) >= 11 is 0. The number of nitrogens with zero attached hydrogens (tertiary/aromatic N) is 1. The number of hydrogen-bond donors (Lipinski definition) is 0. The summed E-state index contributed by atoms with van der Waals surface area (Å²) in [5.74, 6) is 3.01. The van der Waals surface area contributed by atoms with Crippen LogP contribution in [-0.2, 0) is 24.7 Å². The Kier molecular flexibility index (Phi) is 10.2. The lowest BCUT2D eigenvalue weighted by molar-refractivity contribution is -0.139. The third kappa shape index (κ3) is 7.61. The molecule has 0 unspecified atom stereocenters. The molecule has 4 saturated carbocycles. The van der Waals surface area contributed by atoms with Gasteiger partial charge in [0.1, 0.15) is 17.9 Å². The molecule has 4 aliphatic carbocycles. The van der Waals surface area contributed by atoms with Gasteiger partial charge in [-0.05, 0) is 151 Å². The number of hydrogen-bond acceptors (Lipinski definition) is 5. The first-order chi connectivity index (χ1) is 20.9. The number of benzene rings is 1. The third-order valence-corrected chi connectivity index (χ3v) is 15.1. The van der Waals surface area contributed by atoms with Gasteiger partial charge in [0.15, 0.2) is 25.0 Å². The molecule has 5 rings (SSSR count). The molecule has 1 aromatic rings. The van der Waals surface area contributed by atoms with Crippen molar-refractivity contribution in [3.8, 4) is 0 Å². The standard InChI is InChI=1S/C37H65NO4Si3/c1-35-22-19-30(41-44(6,7)8)25-29(35)17-18-31-32(35)20-23-36(2)33(31)21-24-37(36,42-45(9,10)11)34(27-40-43(3,4)5)38-39-26-28-15-13-12-14-16-28/h12-16,29-33H,17-27H2,1-11H3/b38-34+/t29-,30+,31-,32+,33+,35+,36+,37+/m1/s1. The summed E-state index contributed by atoms with van der Waals surface area (Å²) in [6.45, 7) is 27.2. The Morgan fingerprint density at radius 2 is 1.47 bits per heavy atom. The van der Waals surface area contributed by atoms with Crippen LogP contribution in [0.1, 0.15) is 77.2 Å².